The SMILES string of the molecule is CC(C)(C)C1Nc2ccc(Cl)c(S(=O)(=O)N3CCn4ccnc4C3)c2O1. The molecule has 0 radical (unpaired) electrons. The van der Waals surface area contributed by atoms with Crippen LogP contribution < -0.4 is 10.1 Å². The Hall–Kier alpha value is -1.77. The molecule has 140 valence electrons. The first kappa shape index (κ1) is 17.6. The predicted octanol–water partition coefficient (Wildman–Crippen LogP) is 2.92. The number of nitrogens with one attached hydrogen (secondary N) is 1. The lowest BCUT2D eigenvalue weighted by Crippen LogP contribution is -2.38. The number of benzene rings is 1. The highest BCUT2D eigenvalue weighted by Crippen LogP contribution is 2.46. The molecule has 7 nitrogen and oxygen atoms in total. The summed E-state index contributed by atoms with van der Waals surface area (Å²) in [7, 11) is -3.82. The van der Waals surface area contributed by atoms with Crippen LogP contribution in [0, 0.1) is 5.41 Å². The standard InChI is InChI=1S/C17H21ClN4O3S/c1-17(2,3)16-20-12-5-4-11(18)15(14(12)25-16)26(23,24)22-9-8-21-7-6-19-13(21)10-22/h4-7,16,20H,8-10H2,1-3H3. The van der Waals surface area contributed by atoms with Gasteiger partial charge in [0, 0.05) is 30.9 Å². The molecule has 1 aromatic heterocycles. The van der Waals surface area contributed by atoms with Crippen LogP contribution in [0.5, 0.6) is 5.75 Å². The van der Waals surface area contributed by atoms with Crippen LogP contribution in [0.25, 0.3) is 0 Å². The predicted molar refractivity (Wildman–Crippen MR) is 98.8 cm³/mol. The van der Waals surface area contributed by atoms with Crippen molar-refractivity contribution in [2.75, 3.05) is 11.9 Å². The van der Waals surface area contributed by atoms with Crippen molar-refractivity contribution in [2.45, 2.75) is 45.0 Å². The highest BCUT2D eigenvalue weighted by molar-refractivity contribution is 7.89. The molecule has 2 aliphatic heterocycles. The second kappa shape index (κ2) is 5.87. The van der Waals surface area contributed by atoms with E-state index in [2.05, 4.69) is 10.3 Å². The van der Waals surface area contributed by atoms with Gasteiger partial charge in [-0.1, -0.05) is 32.4 Å². The summed E-state index contributed by atoms with van der Waals surface area (Å²) in [5, 5.41) is 3.41. The van der Waals surface area contributed by atoms with Crippen LogP contribution in [0.1, 0.15) is 26.6 Å². The zero-order valence-electron chi connectivity index (χ0n) is 14.9. The van der Waals surface area contributed by atoms with E-state index in [1.54, 1.807) is 18.3 Å². The van der Waals surface area contributed by atoms with Crippen LogP contribution in [0.4, 0.5) is 5.69 Å². The first-order chi connectivity index (χ1) is 12.2. The molecule has 0 bridgehead atoms. The fraction of sp³-hybridized carbons (Fsp3) is 0.471. The normalized spacial score (nSPS) is 20.2. The van der Waals surface area contributed by atoms with Gasteiger partial charge in [-0.3, -0.25) is 0 Å². The van der Waals surface area contributed by atoms with Crippen molar-refractivity contribution in [3.05, 3.63) is 35.4 Å². The van der Waals surface area contributed by atoms with E-state index in [1.165, 1.54) is 4.31 Å². The van der Waals surface area contributed by atoms with E-state index in [-0.39, 0.29) is 28.1 Å². The number of sulfonamides is 1. The number of rotatable bonds is 2. The Bertz CT molecular complexity index is 965. The monoisotopic (exact) mass is 396 g/mol. The molecule has 3 heterocycles. The molecule has 0 amide bonds. The molecule has 0 saturated heterocycles. The number of aromatic nitrogens is 2. The van der Waals surface area contributed by atoms with Crippen molar-refractivity contribution < 1.29 is 13.2 Å². The summed E-state index contributed by atoms with van der Waals surface area (Å²) in [5.41, 5.74) is 0.439. The Kier molecular flexibility index (Phi) is 3.98. The van der Waals surface area contributed by atoms with Gasteiger partial charge < -0.3 is 14.6 Å². The lowest BCUT2D eigenvalue weighted by molar-refractivity contribution is 0.124. The van der Waals surface area contributed by atoms with Gasteiger partial charge in [0.15, 0.2) is 12.0 Å². The molecule has 0 fully saturated rings. The van der Waals surface area contributed by atoms with Gasteiger partial charge in [0.1, 0.15) is 10.7 Å². The maximum absolute atomic E-state index is 13.4. The quantitative estimate of drug-likeness (QED) is 0.844. The molecule has 1 atom stereocenters. The molecular weight excluding hydrogens is 376 g/mol. The number of imidazole rings is 1. The van der Waals surface area contributed by atoms with Crippen LogP contribution in [-0.2, 0) is 23.1 Å². The highest BCUT2D eigenvalue weighted by Gasteiger charge is 2.40. The average molecular weight is 397 g/mol. The van der Waals surface area contributed by atoms with Crippen molar-refractivity contribution in [1.82, 2.24) is 13.9 Å². The minimum atomic E-state index is -3.82. The van der Waals surface area contributed by atoms with Gasteiger partial charge in [-0.2, -0.15) is 4.31 Å². The number of anilines is 1. The van der Waals surface area contributed by atoms with Crippen molar-refractivity contribution in [3.63, 3.8) is 0 Å². The Morgan fingerprint density at radius 3 is 2.81 bits per heavy atom. The molecule has 4 rings (SSSR count). The van der Waals surface area contributed by atoms with E-state index in [4.69, 9.17) is 16.3 Å². The molecule has 9 heteroatoms. The zero-order valence-corrected chi connectivity index (χ0v) is 16.4. The van der Waals surface area contributed by atoms with E-state index < -0.39 is 10.0 Å². The average Bonchev–Trinajstić information content (AvgIpc) is 3.19. The Balaban J connectivity index is 1.74. The summed E-state index contributed by atoms with van der Waals surface area (Å²) in [5.74, 6) is 1.02. The highest BCUT2D eigenvalue weighted by atomic mass is 35.5. The van der Waals surface area contributed by atoms with Crippen molar-refractivity contribution in [3.8, 4) is 5.75 Å². The van der Waals surface area contributed by atoms with Crippen molar-refractivity contribution in [1.29, 1.82) is 0 Å². The number of halogens is 1. The summed E-state index contributed by atoms with van der Waals surface area (Å²) in [6.07, 6.45) is 3.21. The number of fused-ring (bicyclic) bond motifs is 2. The summed E-state index contributed by atoms with van der Waals surface area (Å²) in [6.45, 7) is 7.21. The van der Waals surface area contributed by atoms with Crippen LogP contribution in [-0.4, -0.2) is 35.0 Å². The largest absolute Gasteiger partial charge is 0.467 e. The third kappa shape index (κ3) is 2.76. The number of hydrogen-bond donors (Lipinski definition) is 1. The Morgan fingerprint density at radius 2 is 2.08 bits per heavy atom. The molecule has 0 spiro atoms. The lowest BCUT2D eigenvalue weighted by atomic mass is 9.94. The van der Waals surface area contributed by atoms with Crippen LogP contribution in [0.3, 0.4) is 0 Å². The lowest BCUT2D eigenvalue weighted by Gasteiger charge is -2.28. The summed E-state index contributed by atoms with van der Waals surface area (Å²) >= 11 is 6.32. The molecule has 1 N–H and O–H groups in total. The summed E-state index contributed by atoms with van der Waals surface area (Å²) in [6, 6.07) is 3.35. The summed E-state index contributed by atoms with van der Waals surface area (Å²) in [4.78, 5) is 4.26. The maximum Gasteiger partial charge on any atom is 0.248 e. The molecule has 1 aromatic carbocycles. The molecular formula is C17H21ClN4O3S. The molecule has 26 heavy (non-hydrogen) atoms. The van der Waals surface area contributed by atoms with Gasteiger partial charge in [0.2, 0.25) is 10.0 Å². The molecule has 0 aliphatic carbocycles. The smallest absolute Gasteiger partial charge is 0.248 e. The number of nitrogens with zero attached hydrogens (tertiary/aromatic N) is 3. The van der Waals surface area contributed by atoms with Gasteiger partial charge in [0.05, 0.1) is 17.3 Å². The first-order valence-corrected chi connectivity index (χ1v) is 10.3. The van der Waals surface area contributed by atoms with E-state index in [0.29, 0.717) is 24.5 Å². The summed E-state index contributed by atoms with van der Waals surface area (Å²) < 4.78 is 36.1. The van der Waals surface area contributed by atoms with E-state index in [1.807, 2.05) is 31.5 Å². The van der Waals surface area contributed by atoms with Crippen LogP contribution >= 0.6 is 11.6 Å². The number of hydrogen-bond acceptors (Lipinski definition) is 5. The minimum Gasteiger partial charge on any atom is -0.467 e. The van der Waals surface area contributed by atoms with Crippen LogP contribution in [0.2, 0.25) is 5.02 Å². The van der Waals surface area contributed by atoms with E-state index in [0.717, 1.165) is 5.82 Å². The van der Waals surface area contributed by atoms with Gasteiger partial charge in [-0.25, -0.2) is 13.4 Å². The molecule has 0 saturated carbocycles. The molecule has 1 unspecified atom stereocenters. The van der Waals surface area contributed by atoms with Crippen LogP contribution in [0.15, 0.2) is 29.4 Å². The fourth-order valence-corrected chi connectivity index (χ4v) is 5.19. The third-order valence-corrected chi connectivity index (χ3v) is 7.02. The van der Waals surface area contributed by atoms with Gasteiger partial charge in [-0.05, 0) is 12.1 Å². The van der Waals surface area contributed by atoms with Crippen molar-refractivity contribution >= 4 is 27.3 Å². The Labute approximate surface area is 158 Å². The maximum atomic E-state index is 13.4. The Morgan fingerprint density at radius 1 is 1.31 bits per heavy atom. The van der Waals surface area contributed by atoms with E-state index in [9.17, 15) is 8.42 Å². The topological polar surface area (TPSA) is 76.5 Å². The fourth-order valence-electron chi connectivity index (χ4n) is 3.18. The van der Waals surface area contributed by atoms with Gasteiger partial charge >= 0.3 is 0 Å². The number of ether oxygens (including phenoxy) is 1. The van der Waals surface area contributed by atoms with Gasteiger partial charge in [-0.15, -0.1) is 0 Å². The van der Waals surface area contributed by atoms with Gasteiger partial charge in [0.25, 0.3) is 0 Å². The van der Waals surface area contributed by atoms with E-state index >= 15 is 0 Å². The molecule has 2 aromatic rings. The first-order valence-electron chi connectivity index (χ1n) is 8.44. The zero-order chi connectivity index (χ0) is 18.7. The van der Waals surface area contributed by atoms with Crippen molar-refractivity contribution in [2.24, 2.45) is 5.41 Å². The second-order valence-electron chi connectivity index (χ2n) is 7.64. The second-order valence-corrected chi connectivity index (χ2v) is 9.92. The molecule has 2 aliphatic rings. The minimum absolute atomic E-state index is 0.0240. The third-order valence-electron chi connectivity index (χ3n) is 4.68.